The Morgan fingerprint density at radius 3 is 2.39 bits per heavy atom. The van der Waals surface area contributed by atoms with Crippen molar-refractivity contribution in [2.24, 2.45) is 11.8 Å². The van der Waals surface area contributed by atoms with Gasteiger partial charge in [0.15, 0.2) is 0 Å². The fraction of sp³-hybridized carbons (Fsp3) is 0.929. The highest BCUT2D eigenvalue weighted by Crippen LogP contribution is 2.29. The van der Waals surface area contributed by atoms with Gasteiger partial charge in [-0.25, -0.2) is 0 Å². The number of halogens is 1. The fourth-order valence-corrected chi connectivity index (χ4v) is 3.27. The molecule has 1 saturated heterocycles. The van der Waals surface area contributed by atoms with E-state index in [-0.39, 0.29) is 18.3 Å². The molecular formula is C14H27ClN2O. The van der Waals surface area contributed by atoms with Crippen LogP contribution < -0.4 is 5.32 Å². The van der Waals surface area contributed by atoms with Crippen LogP contribution in [0.25, 0.3) is 0 Å². The van der Waals surface area contributed by atoms with Crippen LogP contribution >= 0.6 is 12.4 Å². The number of hydrogen-bond donors (Lipinski definition) is 1. The van der Waals surface area contributed by atoms with Crippen LogP contribution in [-0.4, -0.2) is 37.0 Å². The van der Waals surface area contributed by atoms with Crippen LogP contribution in [0.3, 0.4) is 0 Å². The average Bonchev–Trinajstić information content (AvgIpc) is 2.91. The summed E-state index contributed by atoms with van der Waals surface area (Å²) >= 11 is 0. The van der Waals surface area contributed by atoms with Crippen molar-refractivity contribution in [1.82, 2.24) is 10.2 Å². The number of rotatable bonds is 3. The van der Waals surface area contributed by atoms with Crippen molar-refractivity contribution in [2.45, 2.75) is 51.5 Å². The number of nitrogens with zero attached hydrogens (tertiary/aromatic N) is 1. The topological polar surface area (TPSA) is 32.3 Å². The second-order valence-electron chi connectivity index (χ2n) is 5.72. The van der Waals surface area contributed by atoms with E-state index in [1.54, 1.807) is 0 Å². The first-order valence-corrected chi connectivity index (χ1v) is 7.19. The van der Waals surface area contributed by atoms with E-state index in [0.29, 0.717) is 11.9 Å². The van der Waals surface area contributed by atoms with Crippen LogP contribution in [0.5, 0.6) is 0 Å². The van der Waals surface area contributed by atoms with Crippen LogP contribution in [-0.2, 0) is 4.79 Å². The standard InChI is InChI=1S/C14H26N2O.ClH/c1-3-11-4-6-13(7-5-11)16(2)14(17)12-8-9-15-10-12;/h11-13,15H,3-10H2,1-2H3;1H. The Morgan fingerprint density at radius 2 is 1.89 bits per heavy atom. The first kappa shape index (κ1) is 15.8. The molecule has 2 rings (SSSR count). The average molecular weight is 275 g/mol. The lowest BCUT2D eigenvalue weighted by molar-refractivity contribution is -0.136. The Labute approximate surface area is 117 Å². The predicted octanol–water partition coefficient (Wildman–Crippen LogP) is 2.44. The molecule has 1 N–H and O–H groups in total. The number of amides is 1. The highest BCUT2D eigenvalue weighted by molar-refractivity contribution is 5.85. The molecule has 2 aliphatic rings. The third kappa shape index (κ3) is 3.61. The molecule has 1 aliphatic carbocycles. The largest absolute Gasteiger partial charge is 0.342 e. The zero-order valence-electron chi connectivity index (χ0n) is 11.7. The highest BCUT2D eigenvalue weighted by Gasteiger charge is 2.30. The van der Waals surface area contributed by atoms with E-state index in [9.17, 15) is 4.79 Å². The van der Waals surface area contributed by atoms with Crippen molar-refractivity contribution in [3.63, 3.8) is 0 Å². The summed E-state index contributed by atoms with van der Waals surface area (Å²) in [6.45, 7) is 4.17. The third-order valence-electron chi connectivity index (χ3n) is 4.70. The fourth-order valence-electron chi connectivity index (χ4n) is 3.27. The van der Waals surface area contributed by atoms with Crippen LogP contribution in [0.1, 0.15) is 45.4 Å². The molecule has 18 heavy (non-hydrogen) atoms. The molecule has 0 radical (unpaired) electrons. The first-order valence-electron chi connectivity index (χ1n) is 7.19. The maximum absolute atomic E-state index is 12.3. The van der Waals surface area contributed by atoms with Crippen molar-refractivity contribution < 1.29 is 4.79 Å². The summed E-state index contributed by atoms with van der Waals surface area (Å²) in [7, 11) is 2.01. The molecule has 4 heteroatoms. The Kier molecular flexibility index (Phi) is 6.44. The molecule has 0 spiro atoms. The van der Waals surface area contributed by atoms with Crippen LogP contribution in [0, 0.1) is 11.8 Å². The summed E-state index contributed by atoms with van der Waals surface area (Å²) in [6, 6.07) is 0.505. The minimum absolute atomic E-state index is 0. The van der Waals surface area contributed by atoms with Crippen molar-refractivity contribution in [1.29, 1.82) is 0 Å². The maximum atomic E-state index is 12.3. The zero-order chi connectivity index (χ0) is 12.3. The summed E-state index contributed by atoms with van der Waals surface area (Å²) in [5.41, 5.74) is 0. The Balaban J connectivity index is 0.00000162. The quantitative estimate of drug-likeness (QED) is 0.857. The highest BCUT2D eigenvalue weighted by atomic mass is 35.5. The second kappa shape index (κ2) is 7.34. The van der Waals surface area contributed by atoms with Crippen molar-refractivity contribution in [3.05, 3.63) is 0 Å². The molecule has 0 bridgehead atoms. The molecule has 0 aromatic carbocycles. The number of carbonyl (C=O) groups excluding carboxylic acids is 1. The third-order valence-corrected chi connectivity index (χ3v) is 4.70. The molecule has 2 fully saturated rings. The van der Waals surface area contributed by atoms with Gasteiger partial charge in [0.25, 0.3) is 0 Å². The van der Waals surface area contributed by atoms with Crippen LogP contribution in [0.15, 0.2) is 0 Å². The normalized spacial score (nSPS) is 31.8. The second-order valence-corrected chi connectivity index (χ2v) is 5.72. The molecule has 1 aliphatic heterocycles. The van der Waals surface area contributed by atoms with Crippen molar-refractivity contribution in [2.75, 3.05) is 20.1 Å². The van der Waals surface area contributed by atoms with Gasteiger partial charge in [-0.15, -0.1) is 12.4 Å². The molecule has 3 nitrogen and oxygen atoms in total. The molecule has 0 aromatic rings. The van der Waals surface area contributed by atoms with Gasteiger partial charge in [-0.2, -0.15) is 0 Å². The zero-order valence-corrected chi connectivity index (χ0v) is 12.5. The Hall–Kier alpha value is -0.280. The van der Waals surface area contributed by atoms with E-state index in [1.165, 1.54) is 32.1 Å². The number of carbonyl (C=O) groups is 1. The molecule has 1 heterocycles. The van der Waals surface area contributed by atoms with E-state index in [2.05, 4.69) is 12.2 Å². The van der Waals surface area contributed by atoms with Gasteiger partial charge in [-0.1, -0.05) is 13.3 Å². The maximum Gasteiger partial charge on any atom is 0.227 e. The molecule has 1 saturated carbocycles. The van der Waals surface area contributed by atoms with Crippen molar-refractivity contribution in [3.8, 4) is 0 Å². The minimum atomic E-state index is 0. The molecular weight excluding hydrogens is 248 g/mol. The van der Waals surface area contributed by atoms with Gasteiger partial charge in [-0.3, -0.25) is 4.79 Å². The van der Waals surface area contributed by atoms with Gasteiger partial charge in [0.05, 0.1) is 5.92 Å². The summed E-state index contributed by atoms with van der Waals surface area (Å²) in [4.78, 5) is 14.3. The van der Waals surface area contributed by atoms with Crippen molar-refractivity contribution >= 4 is 18.3 Å². The lowest BCUT2D eigenvalue weighted by atomic mass is 9.84. The summed E-state index contributed by atoms with van der Waals surface area (Å²) in [5, 5.41) is 3.28. The Bertz CT molecular complexity index is 259. The first-order chi connectivity index (χ1) is 8.22. The van der Waals surface area contributed by atoms with E-state index in [4.69, 9.17) is 0 Å². The van der Waals surface area contributed by atoms with E-state index >= 15 is 0 Å². The Morgan fingerprint density at radius 1 is 1.22 bits per heavy atom. The van der Waals surface area contributed by atoms with Gasteiger partial charge in [0.2, 0.25) is 5.91 Å². The SMILES string of the molecule is CCC1CCC(N(C)C(=O)C2CCNC2)CC1.Cl. The minimum Gasteiger partial charge on any atom is -0.342 e. The van der Waals surface area contributed by atoms with E-state index in [1.807, 2.05) is 11.9 Å². The smallest absolute Gasteiger partial charge is 0.227 e. The number of hydrogen-bond acceptors (Lipinski definition) is 2. The van der Waals surface area contributed by atoms with Crippen LogP contribution in [0.4, 0.5) is 0 Å². The van der Waals surface area contributed by atoms with Gasteiger partial charge in [0.1, 0.15) is 0 Å². The predicted molar refractivity (Wildman–Crippen MR) is 77.0 cm³/mol. The summed E-state index contributed by atoms with van der Waals surface area (Å²) in [6.07, 6.45) is 7.36. The lowest BCUT2D eigenvalue weighted by Gasteiger charge is -2.35. The van der Waals surface area contributed by atoms with Gasteiger partial charge in [0, 0.05) is 19.6 Å². The summed E-state index contributed by atoms with van der Waals surface area (Å²) in [5.74, 6) is 1.52. The van der Waals surface area contributed by atoms with Gasteiger partial charge >= 0.3 is 0 Å². The molecule has 1 amide bonds. The monoisotopic (exact) mass is 274 g/mol. The van der Waals surface area contributed by atoms with Gasteiger partial charge < -0.3 is 10.2 Å². The van der Waals surface area contributed by atoms with E-state index in [0.717, 1.165) is 25.4 Å². The molecule has 106 valence electrons. The van der Waals surface area contributed by atoms with E-state index < -0.39 is 0 Å². The lowest BCUT2D eigenvalue weighted by Crippen LogP contribution is -2.43. The summed E-state index contributed by atoms with van der Waals surface area (Å²) < 4.78 is 0. The number of nitrogens with one attached hydrogen (secondary N) is 1. The molecule has 1 unspecified atom stereocenters. The van der Waals surface area contributed by atoms with Gasteiger partial charge in [-0.05, 0) is 44.6 Å². The molecule has 1 atom stereocenters. The van der Waals surface area contributed by atoms with Crippen LogP contribution in [0.2, 0.25) is 0 Å². The molecule has 0 aromatic heterocycles.